The van der Waals surface area contributed by atoms with E-state index in [-0.39, 0.29) is 18.9 Å². The predicted octanol–water partition coefficient (Wildman–Crippen LogP) is 3.41. The Bertz CT molecular complexity index is 614. The summed E-state index contributed by atoms with van der Waals surface area (Å²) in [4.78, 5) is 24.4. The van der Waals surface area contributed by atoms with Gasteiger partial charge in [0, 0.05) is 0 Å². The molecule has 0 aliphatic carbocycles. The first-order valence-corrected chi connectivity index (χ1v) is 8.46. The summed E-state index contributed by atoms with van der Waals surface area (Å²) in [5, 5.41) is 4.74. The summed E-state index contributed by atoms with van der Waals surface area (Å²) in [5.41, 5.74) is 2.01. The summed E-state index contributed by atoms with van der Waals surface area (Å²) in [6, 6.07) is 5.57. The topological polar surface area (TPSA) is 58.2 Å². The van der Waals surface area contributed by atoms with E-state index in [1.54, 1.807) is 0 Å². The third-order valence-corrected chi connectivity index (χ3v) is 4.46. The number of carbonyl (C=O) groups is 2. The number of halogens is 3. The van der Waals surface area contributed by atoms with Crippen molar-refractivity contribution in [3.8, 4) is 0 Å². The van der Waals surface area contributed by atoms with Crippen molar-refractivity contribution in [2.45, 2.75) is 57.8 Å². The molecule has 2 N–H and O–H groups in total. The second-order valence-electron chi connectivity index (χ2n) is 6.49. The van der Waals surface area contributed by atoms with E-state index in [4.69, 9.17) is 0 Å². The molecule has 7 heteroatoms. The van der Waals surface area contributed by atoms with Gasteiger partial charge in [-0.25, -0.2) is 0 Å². The van der Waals surface area contributed by atoms with E-state index in [1.165, 1.54) is 0 Å². The van der Waals surface area contributed by atoms with Crippen LogP contribution in [0.1, 0.15) is 49.8 Å². The van der Waals surface area contributed by atoms with Crippen molar-refractivity contribution < 1.29 is 22.8 Å². The smallest absolute Gasteiger partial charge is 0.349 e. The lowest BCUT2D eigenvalue weighted by Crippen LogP contribution is -2.54. The van der Waals surface area contributed by atoms with Gasteiger partial charge in [0.2, 0.25) is 11.8 Å². The number of nitrogens with one attached hydrogen (secondary N) is 2. The molecule has 138 valence electrons. The minimum absolute atomic E-state index is 0.103. The zero-order chi connectivity index (χ0) is 18.6. The van der Waals surface area contributed by atoms with Gasteiger partial charge in [-0.3, -0.25) is 9.59 Å². The second kappa shape index (κ2) is 7.89. The predicted molar refractivity (Wildman–Crippen MR) is 87.7 cm³/mol. The van der Waals surface area contributed by atoms with Crippen LogP contribution in [0.5, 0.6) is 0 Å². The Balaban J connectivity index is 2.04. The number of aryl methyl sites for hydroxylation is 1. The van der Waals surface area contributed by atoms with Gasteiger partial charge in [-0.1, -0.05) is 43.2 Å². The van der Waals surface area contributed by atoms with Gasteiger partial charge in [-0.15, -0.1) is 0 Å². The minimum atomic E-state index is -4.48. The van der Waals surface area contributed by atoms with Gasteiger partial charge in [0.1, 0.15) is 12.0 Å². The van der Waals surface area contributed by atoms with Crippen molar-refractivity contribution in [1.82, 2.24) is 10.6 Å². The van der Waals surface area contributed by atoms with Crippen LogP contribution in [0.2, 0.25) is 0 Å². The van der Waals surface area contributed by atoms with E-state index in [1.807, 2.05) is 43.4 Å². The highest BCUT2D eigenvalue weighted by Crippen LogP contribution is 2.29. The maximum absolute atomic E-state index is 12.7. The van der Waals surface area contributed by atoms with E-state index >= 15 is 0 Å². The van der Waals surface area contributed by atoms with Crippen molar-refractivity contribution in [1.29, 1.82) is 0 Å². The molecule has 2 amide bonds. The van der Waals surface area contributed by atoms with Crippen LogP contribution in [0, 0.1) is 12.8 Å². The number of rotatable bonds is 5. The van der Waals surface area contributed by atoms with Crippen molar-refractivity contribution in [2.75, 3.05) is 0 Å². The molecule has 3 unspecified atom stereocenters. The van der Waals surface area contributed by atoms with Gasteiger partial charge in [0.25, 0.3) is 0 Å². The summed E-state index contributed by atoms with van der Waals surface area (Å²) in [6.07, 6.45) is -3.35. The number of benzene rings is 1. The molecule has 1 aliphatic rings. The monoisotopic (exact) mass is 356 g/mol. The SMILES string of the molecule is CCCC(NC(=O)C1CCC(C(F)(F)F)NC1=O)c1ccc(C)cc1. The van der Waals surface area contributed by atoms with E-state index in [0.717, 1.165) is 17.5 Å². The fourth-order valence-corrected chi connectivity index (χ4v) is 2.99. The van der Waals surface area contributed by atoms with Gasteiger partial charge in [0.05, 0.1) is 6.04 Å². The molecule has 2 rings (SSSR count). The standard InChI is InChI=1S/C18H23F3N2O2/c1-3-4-14(12-7-5-11(2)6-8-12)22-16(24)13-9-10-15(18(19,20)21)23-17(13)25/h5-8,13-15H,3-4,9-10H2,1-2H3,(H,22,24)(H,23,25). The van der Waals surface area contributed by atoms with Gasteiger partial charge in [-0.05, 0) is 31.7 Å². The van der Waals surface area contributed by atoms with Crippen molar-refractivity contribution in [2.24, 2.45) is 5.92 Å². The Morgan fingerprint density at radius 1 is 1.28 bits per heavy atom. The number of carbonyl (C=O) groups excluding carboxylic acids is 2. The molecule has 3 atom stereocenters. The molecule has 1 aromatic rings. The molecular formula is C18H23F3N2O2. The highest BCUT2D eigenvalue weighted by atomic mass is 19.4. The number of amides is 2. The molecule has 25 heavy (non-hydrogen) atoms. The Morgan fingerprint density at radius 2 is 1.92 bits per heavy atom. The molecular weight excluding hydrogens is 333 g/mol. The molecule has 1 heterocycles. The Hall–Kier alpha value is -2.05. The largest absolute Gasteiger partial charge is 0.408 e. The van der Waals surface area contributed by atoms with Crippen molar-refractivity contribution in [3.05, 3.63) is 35.4 Å². The lowest BCUT2D eigenvalue weighted by molar-refractivity contribution is -0.171. The van der Waals surface area contributed by atoms with Gasteiger partial charge in [-0.2, -0.15) is 13.2 Å². The first-order chi connectivity index (χ1) is 11.7. The average molecular weight is 356 g/mol. The van der Waals surface area contributed by atoms with Crippen LogP contribution in [0.25, 0.3) is 0 Å². The fraction of sp³-hybridized carbons (Fsp3) is 0.556. The van der Waals surface area contributed by atoms with Crippen LogP contribution in [-0.2, 0) is 9.59 Å². The van der Waals surface area contributed by atoms with Gasteiger partial charge >= 0.3 is 6.18 Å². The Labute approximate surface area is 145 Å². The highest BCUT2D eigenvalue weighted by molar-refractivity contribution is 6.01. The van der Waals surface area contributed by atoms with Crippen LogP contribution < -0.4 is 10.6 Å². The molecule has 0 spiro atoms. The summed E-state index contributed by atoms with van der Waals surface area (Å²) >= 11 is 0. The summed E-state index contributed by atoms with van der Waals surface area (Å²) < 4.78 is 38.1. The lowest BCUT2D eigenvalue weighted by Gasteiger charge is -2.30. The van der Waals surface area contributed by atoms with Crippen LogP contribution in [0.3, 0.4) is 0 Å². The zero-order valence-corrected chi connectivity index (χ0v) is 14.3. The molecule has 0 bridgehead atoms. The maximum Gasteiger partial charge on any atom is 0.408 e. The third-order valence-electron chi connectivity index (χ3n) is 4.46. The first kappa shape index (κ1) is 19.3. The molecule has 1 aliphatic heterocycles. The van der Waals surface area contributed by atoms with Crippen molar-refractivity contribution >= 4 is 11.8 Å². The molecule has 1 aromatic carbocycles. The van der Waals surface area contributed by atoms with Crippen LogP contribution >= 0.6 is 0 Å². The zero-order valence-electron chi connectivity index (χ0n) is 14.3. The molecule has 1 fully saturated rings. The molecule has 1 saturated heterocycles. The molecule has 0 radical (unpaired) electrons. The first-order valence-electron chi connectivity index (χ1n) is 8.46. The second-order valence-corrected chi connectivity index (χ2v) is 6.49. The minimum Gasteiger partial charge on any atom is -0.349 e. The molecule has 0 saturated carbocycles. The Kier molecular flexibility index (Phi) is 6.08. The van der Waals surface area contributed by atoms with E-state index in [2.05, 4.69) is 5.32 Å². The van der Waals surface area contributed by atoms with Crippen LogP contribution in [-0.4, -0.2) is 24.0 Å². The number of alkyl halides is 3. The summed E-state index contributed by atoms with van der Waals surface area (Å²) in [7, 11) is 0. The fourth-order valence-electron chi connectivity index (χ4n) is 2.99. The third kappa shape index (κ3) is 4.96. The van der Waals surface area contributed by atoms with E-state index in [9.17, 15) is 22.8 Å². The number of piperidine rings is 1. The van der Waals surface area contributed by atoms with E-state index in [0.29, 0.717) is 6.42 Å². The number of hydrogen-bond acceptors (Lipinski definition) is 2. The van der Waals surface area contributed by atoms with Crippen LogP contribution in [0.4, 0.5) is 13.2 Å². The summed E-state index contributed by atoms with van der Waals surface area (Å²) in [6.45, 7) is 3.94. The quantitative estimate of drug-likeness (QED) is 0.795. The molecule has 4 nitrogen and oxygen atoms in total. The van der Waals surface area contributed by atoms with Crippen LogP contribution in [0.15, 0.2) is 24.3 Å². The highest BCUT2D eigenvalue weighted by Gasteiger charge is 2.46. The summed E-state index contributed by atoms with van der Waals surface area (Å²) in [5.74, 6) is -2.45. The lowest BCUT2D eigenvalue weighted by atomic mass is 9.92. The maximum atomic E-state index is 12.7. The molecule has 0 aromatic heterocycles. The van der Waals surface area contributed by atoms with Crippen molar-refractivity contribution in [3.63, 3.8) is 0 Å². The normalized spacial score (nSPS) is 22.2. The number of hydrogen-bond donors (Lipinski definition) is 2. The van der Waals surface area contributed by atoms with Gasteiger partial charge < -0.3 is 10.6 Å². The van der Waals surface area contributed by atoms with Gasteiger partial charge in [0.15, 0.2) is 0 Å². The average Bonchev–Trinajstić information content (AvgIpc) is 2.54. The van der Waals surface area contributed by atoms with E-state index < -0.39 is 30.0 Å². The Morgan fingerprint density at radius 3 is 2.44 bits per heavy atom.